The summed E-state index contributed by atoms with van der Waals surface area (Å²) in [6, 6.07) is 7.56. The van der Waals surface area contributed by atoms with Gasteiger partial charge in [-0.1, -0.05) is 24.6 Å². The van der Waals surface area contributed by atoms with Crippen LogP contribution in [-0.4, -0.2) is 19.6 Å². The highest BCUT2D eigenvalue weighted by Gasteiger charge is 2.17. The summed E-state index contributed by atoms with van der Waals surface area (Å²) in [5.41, 5.74) is 1.13. The second-order valence-corrected chi connectivity index (χ2v) is 5.68. The summed E-state index contributed by atoms with van der Waals surface area (Å²) < 4.78 is 24.7. The Morgan fingerprint density at radius 1 is 1.29 bits per heavy atom. The highest BCUT2D eigenvalue weighted by atomic mass is 35.5. The number of ether oxygens (including phenoxy) is 2. The molecule has 0 bridgehead atoms. The third-order valence-corrected chi connectivity index (χ3v) is 3.60. The van der Waals surface area contributed by atoms with Crippen LogP contribution in [0.5, 0.6) is 11.5 Å². The van der Waals surface area contributed by atoms with Crippen molar-refractivity contribution in [1.29, 1.82) is 0 Å². The lowest BCUT2D eigenvalue weighted by molar-refractivity contribution is 0.102. The Labute approximate surface area is 145 Å². The largest absolute Gasteiger partial charge is 0.493 e. The third-order valence-electron chi connectivity index (χ3n) is 3.31. The van der Waals surface area contributed by atoms with E-state index in [2.05, 4.69) is 5.32 Å². The molecule has 0 saturated carbocycles. The summed E-state index contributed by atoms with van der Waals surface area (Å²) in [5.74, 6) is -0.242. The van der Waals surface area contributed by atoms with Crippen LogP contribution in [0.1, 0.15) is 29.3 Å². The van der Waals surface area contributed by atoms with Crippen molar-refractivity contribution in [3.63, 3.8) is 0 Å². The van der Waals surface area contributed by atoms with Crippen molar-refractivity contribution in [1.82, 2.24) is 0 Å². The van der Waals surface area contributed by atoms with E-state index in [0.717, 1.165) is 12.0 Å². The van der Waals surface area contributed by atoms with Gasteiger partial charge in [-0.2, -0.15) is 0 Å². The number of nitrogens with one attached hydrogen (secondary N) is 1. The summed E-state index contributed by atoms with van der Waals surface area (Å²) >= 11 is 6.19. The van der Waals surface area contributed by atoms with E-state index in [1.807, 2.05) is 6.92 Å². The van der Waals surface area contributed by atoms with Crippen LogP contribution < -0.4 is 14.8 Å². The zero-order valence-electron chi connectivity index (χ0n) is 13.8. The second kappa shape index (κ2) is 8.02. The summed E-state index contributed by atoms with van der Waals surface area (Å²) in [6.07, 6.45) is 0.814. The number of amides is 1. The molecule has 1 N–H and O–H groups in total. The Balaban J connectivity index is 2.27. The first-order valence-corrected chi connectivity index (χ1v) is 7.92. The number of carbonyl (C=O) groups excluding carboxylic acids is 1. The maximum Gasteiger partial charge on any atom is 0.255 e. The minimum Gasteiger partial charge on any atom is -0.493 e. The van der Waals surface area contributed by atoms with E-state index in [0.29, 0.717) is 18.1 Å². The highest BCUT2D eigenvalue weighted by molar-refractivity contribution is 6.32. The molecule has 2 aromatic rings. The van der Waals surface area contributed by atoms with Gasteiger partial charge in [0.1, 0.15) is 5.82 Å². The lowest BCUT2D eigenvalue weighted by Crippen LogP contribution is -2.13. The Morgan fingerprint density at radius 3 is 2.67 bits per heavy atom. The van der Waals surface area contributed by atoms with Crippen molar-refractivity contribution in [2.45, 2.75) is 20.3 Å². The molecule has 0 aliphatic rings. The Hall–Kier alpha value is -2.27. The first-order chi connectivity index (χ1) is 11.5. The number of carbonyl (C=O) groups is 1. The molecule has 0 fully saturated rings. The number of hydrogen-bond donors (Lipinski definition) is 1. The van der Waals surface area contributed by atoms with Gasteiger partial charge in [-0.15, -0.1) is 0 Å². The smallest absolute Gasteiger partial charge is 0.255 e. The first kappa shape index (κ1) is 18.1. The van der Waals surface area contributed by atoms with Crippen LogP contribution in [-0.2, 0) is 0 Å². The summed E-state index contributed by atoms with van der Waals surface area (Å²) in [7, 11) is 1.46. The van der Waals surface area contributed by atoms with Gasteiger partial charge in [0.2, 0.25) is 0 Å². The quantitative estimate of drug-likeness (QED) is 0.810. The minimum absolute atomic E-state index is 0.104. The van der Waals surface area contributed by atoms with Crippen LogP contribution >= 0.6 is 11.6 Å². The summed E-state index contributed by atoms with van der Waals surface area (Å²) in [5, 5.41) is 2.79. The monoisotopic (exact) mass is 351 g/mol. The number of halogens is 2. The predicted molar refractivity (Wildman–Crippen MR) is 92.9 cm³/mol. The van der Waals surface area contributed by atoms with Gasteiger partial charge in [-0.25, -0.2) is 4.39 Å². The van der Waals surface area contributed by atoms with Crippen LogP contribution in [0.2, 0.25) is 5.02 Å². The molecule has 0 radical (unpaired) electrons. The van der Waals surface area contributed by atoms with Crippen molar-refractivity contribution in [2.24, 2.45) is 0 Å². The van der Waals surface area contributed by atoms with Crippen molar-refractivity contribution in [3.05, 3.63) is 52.3 Å². The molecule has 6 heteroatoms. The van der Waals surface area contributed by atoms with E-state index in [4.69, 9.17) is 21.1 Å². The number of anilines is 1. The van der Waals surface area contributed by atoms with Crippen LogP contribution in [0.4, 0.5) is 10.1 Å². The third kappa shape index (κ3) is 4.17. The normalized spacial score (nSPS) is 10.4. The van der Waals surface area contributed by atoms with E-state index in [-0.39, 0.29) is 16.3 Å². The van der Waals surface area contributed by atoms with Crippen LogP contribution in [0.3, 0.4) is 0 Å². The first-order valence-electron chi connectivity index (χ1n) is 7.54. The van der Waals surface area contributed by atoms with E-state index in [1.165, 1.54) is 31.4 Å². The number of methoxy groups -OCH3 is 1. The fourth-order valence-corrected chi connectivity index (χ4v) is 2.38. The maximum absolute atomic E-state index is 13.9. The van der Waals surface area contributed by atoms with E-state index >= 15 is 0 Å². The molecule has 128 valence electrons. The summed E-state index contributed by atoms with van der Waals surface area (Å²) in [6.45, 7) is 4.23. The van der Waals surface area contributed by atoms with E-state index < -0.39 is 11.7 Å². The standard InChI is InChI=1S/C18H19ClFNO3/c1-4-7-24-17-13(19)9-12(10-16(17)23-3)18(22)21-15-6-5-11(2)8-14(15)20/h5-6,8-10H,4,7H2,1-3H3,(H,21,22). The van der Waals surface area contributed by atoms with Gasteiger partial charge in [0.05, 0.1) is 24.4 Å². The Morgan fingerprint density at radius 2 is 2.04 bits per heavy atom. The summed E-state index contributed by atoms with van der Waals surface area (Å²) in [4.78, 5) is 12.4. The average Bonchev–Trinajstić information content (AvgIpc) is 2.55. The SMILES string of the molecule is CCCOc1c(Cl)cc(C(=O)Nc2ccc(C)cc2F)cc1OC. The maximum atomic E-state index is 13.9. The average molecular weight is 352 g/mol. The molecular formula is C18H19ClFNO3. The number of rotatable bonds is 6. The zero-order valence-corrected chi connectivity index (χ0v) is 14.5. The number of hydrogen-bond acceptors (Lipinski definition) is 3. The van der Waals surface area contributed by atoms with Gasteiger partial charge in [-0.3, -0.25) is 4.79 Å². The fourth-order valence-electron chi connectivity index (χ4n) is 2.11. The zero-order chi connectivity index (χ0) is 17.7. The van der Waals surface area contributed by atoms with Crippen molar-refractivity contribution in [2.75, 3.05) is 19.0 Å². The van der Waals surface area contributed by atoms with Crippen molar-refractivity contribution >= 4 is 23.2 Å². The molecule has 0 aliphatic heterocycles. The van der Waals surface area contributed by atoms with Crippen molar-refractivity contribution in [3.8, 4) is 11.5 Å². The van der Waals surface area contributed by atoms with Gasteiger partial charge in [-0.05, 0) is 43.2 Å². The second-order valence-electron chi connectivity index (χ2n) is 5.28. The fraction of sp³-hybridized carbons (Fsp3) is 0.278. The Kier molecular flexibility index (Phi) is 6.04. The molecule has 24 heavy (non-hydrogen) atoms. The Bertz CT molecular complexity index is 749. The number of aryl methyl sites for hydroxylation is 1. The van der Waals surface area contributed by atoms with E-state index in [1.54, 1.807) is 13.0 Å². The molecule has 0 atom stereocenters. The molecule has 0 heterocycles. The highest BCUT2D eigenvalue weighted by Crippen LogP contribution is 2.36. The van der Waals surface area contributed by atoms with Gasteiger partial charge in [0.25, 0.3) is 5.91 Å². The molecule has 0 aliphatic carbocycles. The van der Waals surface area contributed by atoms with Gasteiger partial charge < -0.3 is 14.8 Å². The van der Waals surface area contributed by atoms with Gasteiger partial charge >= 0.3 is 0 Å². The number of benzene rings is 2. The molecule has 2 aromatic carbocycles. The lowest BCUT2D eigenvalue weighted by atomic mass is 10.1. The molecule has 4 nitrogen and oxygen atoms in total. The molecule has 0 saturated heterocycles. The minimum atomic E-state index is -0.496. The molecule has 0 aromatic heterocycles. The van der Waals surface area contributed by atoms with Gasteiger partial charge in [0.15, 0.2) is 11.5 Å². The molecule has 2 rings (SSSR count). The topological polar surface area (TPSA) is 47.6 Å². The van der Waals surface area contributed by atoms with Crippen LogP contribution in [0.25, 0.3) is 0 Å². The lowest BCUT2D eigenvalue weighted by Gasteiger charge is -2.14. The molecule has 1 amide bonds. The van der Waals surface area contributed by atoms with Crippen LogP contribution in [0.15, 0.2) is 30.3 Å². The molecular weight excluding hydrogens is 333 g/mol. The van der Waals surface area contributed by atoms with Crippen LogP contribution in [0, 0.1) is 12.7 Å². The molecule has 0 spiro atoms. The van der Waals surface area contributed by atoms with E-state index in [9.17, 15) is 9.18 Å². The van der Waals surface area contributed by atoms with Crippen molar-refractivity contribution < 1.29 is 18.7 Å². The predicted octanol–water partition coefficient (Wildman–Crippen LogP) is 4.84. The van der Waals surface area contributed by atoms with Gasteiger partial charge in [0, 0.05) is 5.56 Å². The molecule has 0 unspecified atom stereocenters.